The van der Waals surface area contributed by atoms with Crippen LogP contribution in [0.15, 0.2) is 12.1 Å². The van der Waals surface area contributed by atoms with E-state index >= 15 is 4.39 Å². The topological polar surface area (TPSA) is 87.5 Å². The minimum Gasteiger partial charge on any atom is -0.369 e. The summed E-state index contributed by atoms with van der Waals surface area (Å²) in [6, 6.07) is 2.60. The Kier molecular flexibility index (Phi) is 4.74. The molecule has 2 aliphatic heterocycles. The van der Waals surface area contributed by atoms with Gasteiger partial charge in [0.15, 0.2) is 5.82 Å². The van der Waals surface area contributed by atoms with Crippen molar-refractivity contribution < 1.29 is 18.8 Å². The van der Waals surface area contributed by atoms with Crippen molar-refractivity contribution in [2.45, 2.75) is 32.1 Å². The molecule has 4 rings (SSSR count). The van der Waals surface area contributed by atoms with Crippen LogP contribution in [0.5, 0.6) is 0 Å². The number of hydrogen-bond acceptors (Lipinski definition) is 5. The van der Waals surface area contributed by atoms with Crippen LogP contribution in [0.3, 0.4) is 0 Å². The molecule has 1 aromatic heterocycles. The molecule has 0 unspecified atom stereocenters. The molecule has 2 fully saturated rings. The Labute approximate surface area is 161 Å². The number of ketones is 1. The number of benzene rings is 1. The van der Waals surface area contributed by atoms with E-state index in [1.54, 1.807) is 17.8 Å². The van der Waals surface area contributed by atoms with Crippen molar-refractivity contribution in [1.82, 2.24) is 15.1 Å². The van der Waals surface area contributed by atoms with Crippen LogP contribution in [-0.2, 0) is 16.6 Å². The first-order valence-corrected chi connectivity index (χ1v) is 9.48. The van der Waals surface area contributed by atoms with Gasteiger partial charge >= 0.3 is 6.03 Å². The third-order valence-electron chi connectivity index (χ3n) is 5.32. The monoisotopic (exact) mass is 387 g/mol. The third-order valence-corrected chi connectivity index (χ3v) is 5.32. The van der Waals surface area contributed by atoms with E-state index in [-0.39, 0.29) is 30.5 Å². The summed E-state index contributed by atoms with van der Waals surface area (Å²) in [6.07, 6.45) is 2.64. The Balaban J connectivity index is 1.70. The third kappa shape index (κ3) is 3.32. The highest BCUT2D eigenvalue weighted by atomic mass is 19.1. The van der Waals surface area contributed by atoms with Crippen LogP contribution < -0.4 is 15.1 Å². The number of rotatable bonds is 2. The van der Waals surface area contributed by atoms with E-state index in [2.05, 4.69) is 10.4 Å². The fourth-order valence-electron chi connectivity index (χ4n) is 3.87. The fourth-order valence-corrected chi connectivity index (χ4v) is 3.87. The summed E-state index contributed by atoms with van der Waals surface area (Å²) >= 11 is 0. The summed E-state index contributed by atoms with van der Waals surface area (Å²) < 4.78 is 16.6. The number of nitrogens with zero attached hydrogens (tertiary/aromatic N) is 4. The van der Waals surface area contributed by atoms with E-state index < -0.39 is 6.03 Å². The summed E-state index contributed by atoms with van der Waals surface area (Å²) in [6.45, 7) is 1.45. The maximum Gasteiger partial charge on any atom is 0.329 e. The number of aromatic nitrogens is 2. The van der Waals surface area contributed by atoms with Crippen LogP contribution in [-0.4, -0.2) is 47.1 Å². The minimum absolute atomic E-state index is 0.177. The van der Waals surface area contributed by atoms with Gasteiger partial charge in [0.05, 0.1) is 11.2 Å². The van der Waals surface area contributed by atoms with Crippen LogP contribution in [0.1, 0.15) is 32.1 Å². The Morgan fingerprint density at radius 1 is 1.04 bits per heavy atom. The SMILES string of the molecule is Cn1nc(N2CCC(=O)NC2=O)c2cc(F)c(N3CCCC(=O)CCC3)cc21. The van der Waals surface area contributed by atoms with Gasteiger partial charge in [0, 0.05) is 51.3 Å². The van der Waals surface area contributed by atoms with Crippen LogP contribution >= 0.6 is 0 Å². The number of imide groups is 1. The first-order valence-electron chi connectivity index (χ1n) is 9.48. The van der Waals surface area contributed by atoms with E-state index in [4.69, 9.17) is 0 Å². The number of amides is 3. The van der Waals surface area contributed by atoms with E-state index in [0.29, 0.717) is 61.2 Å². The molecule has 148 valence electrons. The molecule has 2 aromatic rings. The predicted octanol–water partition coefficient (Wildman–Crippen LogP) is 2.11. The molecular formula is C19H22FN5O3. The van der Waals surface area contributed by atoms with Crippen LogP contribution in [0.2, 0.25) is 0 Å². The second kappa shape index (κ2) is 7.21. The van der Waals surface area contributed by atoms with Gasteiger partial charge in [-0.2, -0.15) is 5.10 Å². The lowest BCUT2D eigenvalue weighted by atomic mass is 10.1. The highest BCUT2D eigenvalue weighted by molar-refractivity contribution is 6.09. The summed E-state index contributed by atoms with van der Waals surface area (Å²) in [5.41, 5.74) is 1.18. The minimum atomic E-state index is -0.547. The van der Waals surface area contributed by atoms with Gasteiger partial charge in [0.25, 0.3) is 0 Å². The summed E-state index contributed by atoms with van der Waals surface area (Å²) in [5.74, 6) is -0.107. The Morgan fingerprint density at radius 2 is 1.75 bits per heavy atom. The van der Waals surface area contributed by atoms with Crippen molar-refractivity contribution in [2.75, 3.05) is 29.4 Å². The molecule has 0 radical (unpaired) electrons. The Bertz CT molecular complexity index is 958. The van der Waals surface area contributed by atoms with Crippen molar-refractivity contribution >= 4 is 40.1 Å². The molecule has 1 aromatic carbocycles. The van der Waals surface area contributed by atoms with Gasteiger partial charge in [0.2, 0.25) is 5.91 Å². The number of fused-ring (bicyclic) bond motifs is 1. The largest absolute Gasteiger partial charge is 0.369 e. The molecule has 0 saturated carbocycles. The molecule has 0 atom stereocenters. The molecule has 8 nitrogen and oxygen atoms in total. The molecule has 9 heteroatoms. The lowest BCUT2D eigenvalue weighted by molar-refractivity contribution is -0.120. The lowest BCUT2D eigenvalue weighted by Crippen LogP contribution is -2.49. The molecule has 3 heterocycles. The number of nitrogens with one attached hydrogen (secondary N) is 1. The van der Waals surface area contributed by atoms with Gasteiger partial charge in [-0.3, -0.25) is 24.5 Å². The zero-order chi connectivity index (χ0) is 19.8. The first kappa shape index (κ1) is 18.4. The molecule has 0 aliphatic carbocycles. The van der Waals surface area contributed by atoms with Crippen molar-refractivity contribution in [3.63, 3.8) is 0 Å². The normalized spacial score (nSPS) is 19.0. The zero-order valence-corrected chi connectivity index (χ0v) is 15.7. The predicted molar refractivity (Wildman–Crippen MR) is 102 cm³/mol. The van der Waals surface area contributed by atoms with Gasteiger partial charge in [-0.05, 0) is 25.0 Å². The number of urea groups is 1. The quantitative estimate of drug-likeness (QED) is 0.853. The number of Topliss-reactive ketones (excluding diaryl/α,β-unsaturated/α-hetero) is 1. The number of carbonyl (C=O) groups excluding carboxylic acids is 3. The Morgan fingerprint density at radius 3 is 2.43 bits per heavy atom. The van der Waals surface area contributed by atoms with Gasteiger partial charge < -0.3 is 4.90 Å². The second-order valence-electron chi connectivity index (χ2n) is 7.26. The molecule has 1 N–H and O–H groups in total. The fraction of sp³-hybridized carbons (Fsp3) is 0.474. The van der Waals surface area contributed by atoms with E-state index in [9.17, 15) is 14.4 Å². The summed E-state index contributed by atoms with van der Waals surface area (Å²) in [5, 5.41) is 7.19. The van der Waals surface area contributed by atoms with Gasteiger partial charge in [0.1, 0.15) is 11.6 Å². The number of carbonyl (C=O) groups is 3. The number of aryl methyl sites for hydroxylation is 1. The van der Waals surface area contributed by atoms with E-state index in [0.717, 1.165) is 0 Å². The van der Waals surface area contributed by atoms with Gasteiger partial charge in [-0.15, -0.1) is 0 Å². The molecule has 2 saturated heterocycles. The van der Waals surface area contributed by atoms with Gasteiger partial charge in [-0.1, -0.05) is 0 Å². The van der Waals surface area contributed by atoms with Crippen molar-refractivity contribution in [2.24, 2.45) is 7.05 Å². The zero-order valence-electron chi connectivity index (χ0n) is 15.7. The molecule has 0 bridgehead atoms. The first-order chi connectivity index (χ1) is 13.4. The second-order valence-corrected chi connectivity index (χ2v) is 7.26. The molecule has 2 aliphatic rings. The highest BCUT2D eigenvalue weighted by Gasteiger charge is 2.29. The van der Waals surface area contributed by atoms with Crippen molar-refractivity contribution in [3.8, 4) is 0 Å². The lowest BCUT2D eigenvalue weighted by Gasteiger charge is -2.27. The van der Waals surface area contributed by atoms with E-state index in [1.807, 2.05) is 4.90 Å². The van der Waals surface area contributed by atoms with Crippen LogP contribution in [0, 0.1) is 5.82 Å². The van der Waals surface area contributed by atoms with Crippen LogP contribution in [0.25, 0.3) is 10.9 Å². The van der Waals surface area contributed by atoms with Crippen LogP contribution in [0.4, 0.5) is 20.7 Å². The smallest absolute Gasteiger partial charge is 0.329 e. The average molecular weight is 387 g/mol. The van der Waals surface area contributed by atoms with Gasteiger partial charge in [-0.25, -0.2) is 9.18 Å². The number of halogens is 1. The number of hydrogen-bond donors (Lipinski definition) is 1. The highest BCUT2D eigenvalue weighted by Crippen LogP contribution is 2.33. The molecule has 28 heavy (non-hydrogen) atoms. The molecular weight excluding hydrogens is 365 g/mol. The number of anilines is 2. The maximum absolute atomic E-state index is 15.0. The molecule has 0 spiro atoms. The standard InChI is InChI=1S/C19H22FN5O3/c1-23-15-11-16(24-7-2-4-12(26)5-3-8-24)14(20)10-13(15)18(22-23)25-9-6-17(27)21-19(25)28/h10-11H,2-9H2,1H3,(H,21,27,28). The summed E-state index contributed by atoms with van der Waals surface area (Å²) in [4.78, 5) is 38.5. The summed E-state index contributed by atoms with van der Waals surface area (Å²) in [7, 11) is 1.74. The molecule has 3 amide bonds. The van der Waals surface area contributed by atoms with E-state index in [1.165, 1.54) is 11.0 Å². The average Bonchev–Trinajstić information content (AvgIpc) is 2.93. The maximum atomic E-state index is 15.0. The van der Waals surface area contributed by atoms with Crippen molar-refractivity contribution in [1.29, 1.82) is 0 Å². The Hall–Kier alpha value is -2.97. The van der Waals surface area contributed by atoms with Crippen molar-refractivity contribution in [3.05, 3.63) is 17.9 Å².